The van der Waals surface area contributed by atoms with Crippen LogP contribution in [0.25, 0.3) is 0 Å². The molecule has 1 unspecified atom stereocenters. The molecule has 0 bridgehead atoms. The molecule has 1 amide bonds. The Morgan fingerprint density at radius 1 is 1.19 bits per heavy atom. The second kappa shape index (κ2) is 8.54. The van der Waals surface area contributed by atoms with Crippen molar-refractivity contribution in [1.29, 1.82) is 0 Å². The molecule has 1 heterocycles. The molecule has 26 heavy (non-hydrogen) atoms. The van der Waals surface area contributed by atoms with Crippen LogP contribution in [0.4, 0.5) is 4.79 Å². The number of hydrogen-bond donors (Lipinski definition) is 1. The van der Waals surface area contributed by atoms with Crippen molar-refractivity contribution in [1.82, 2.24) is 9.80 Å². The molecule has 0 saturated carbocycles. The number of nitrogens with zero attached hydrogens (tertiary/aromatic N) is 2. The summed E-state index contributed by atoms with van der Waals surface area (Å²) in [6.45, 7) is 10.6. The van der Waals surface area contributed by atoms with E-state index in [2.05, 4.69) is 11.8 Å². The number of amides is 1. The van der Waals surface area contributed by atoms with E-state index in [0.717, 1.165) is 31.5 Å². The van der Waals surface area contributed by atoms with E-state index < -0.39 is 11.6 Å². The van der Waals surface area contributed by atoms with Crippen LogP contribution in [0.2, 0.25) is 0 Å². The maximum atomic E-state index is 12.4. The molecule has 1 aliphatic rings. The predicted molar refractivity (Wildman–Crippen MR) is 100 cm³/mol. The van der Waals surface area contributed by atoms with Gasteiger partial charge in [0.1, 0.15) is 5.60 Å². The van der Waals surface area contributed by atoms with E-state index in [9.17, 15) is 9.59 Å². The quantitative estimate of drug-likeness (QED) is 0.866. The average molecular weight is 362 g/mol. The predicted octanol–water partition coefficient (Wildman–Crippen LogP) is 3.61. The van der Waals surface area contributed by atoms with Crippen LogP contribution in [-0.2, 0) is 11.3 Å². The minimum atomic E-state index is -0.911. The first-order valence-corrected chi connectivity index (χ1v) is 9.24. The van der Waals surface area contributed by atoms with Gasteiger partial charge in [0.25, 0.3) is 0 Å². The van der Waals surface area contributed by atoms with E-state index in [0.29, 0.717) is 18.7 Å². The van der Waals surface area contributed by atoms with Crippen molar-refractivity contribution in [2.45, 2.75) is 58.7 Å². The lowest BCUT2D eigenvalue weighted by Crippen LogP contribution is -2.55. The van der Waals surface area contributed by atoms with Crippen LogP contribution in [-0.4, -0.2) is 58.2 Å². The number of carbonyl (C=O) groups excluding carboxylic acids is 1. The van der Waals surface area contributed by atoms with Gasteiger partial charge in [-0.1, -0.05) is 25.5 Å². The standard InChI is InChI=1S/C20H30N2O4/c1-5-6-17-14-22(19(25)26-20(2,3)4)12-11-21(17)13-15-7-9-16(10-8-15)18(23)24/h7-10,17H,5-6,11-14H2,1-4H3,(H,23,24). The minimum Gasteiger partial charge on any atom is -0.478 e. The lowest BCUT2D eigenvalue weighted by molar-refractivity contribution is 0.00120. The van der Waals surface area contributed by atoms with Gasteiger partial charge in [0.2, 0.25) is 0 Å². The topological polar surface area (TPSA) is 70.1 Å². The molecular weight excluding hydrogens is 332 g/mol. The molecule has 1 aromatic carbocycles. The monoisotopic (exact) mass is 362 g/mol. The van der Waals surface area contributed by atoms with Crippen molar-refractivity contribution < 1.29 is 19.4 Å². The Hall–Kier alpha value is -2.08. The number of carboxylic acids is 1. The van der Waals surface area contributed by atoms with Crippen molar-refractivity contribution in [3.63, 3.8) is 0 Å². The number of carbonyl (C=O) groups is 2. The van der Waals surface area contributed by atoms with E-state index >= 15 is 0 Å². The molecular formula is C20H30N2O4. The molecule has 1 saturated heterocycles. The summed E-state index contributed by atoms with van der Waals surface area (Å²) < 4.78 is 5.51. The highest BCUT2D eigenvalue weighted by Crippen LogP contribution is 2.20. The Morgan fingerprint density at radius 2 is 1.85 bits per heavy atom. The Labute approximate surface area is 155 Å². The molecule has 6 heteroatoms. The number of aromatic carboxylic acids is 1. The lowest BCUT2D eigenvalue weighted by atomic mass is 10.0. The zero-order valence-electron chi connectivity index (χ0n) is 16.2. The molecule has 1 N–H and O–H groups in total. The minimum absolute atomic E-state index is 0.246. The summed E-state index contributed by atoms with van der Waals surface area (Å²) in [4.78, 5) is 27.5. The van der Waals surface area contributed by atoms with Crippen LogP contribution in [0.15, 0.2) is 24.3 Å². The summed E-state index contributed by atoms with van der Waals surface area (Å²) in [5.41, 5.74) is 0.899. The number of benzene rings is 1. The van der Waals surface area contributed by atoms with Gasteiger partial charge in [0.15, 0.2) is 0 Å². The molecule has 0 aromatic heterocycles. The van der Waals surface area contributed by atoms with E-state index in [1.807, 2.05) is 32.9 Å². The first-order chi connectivity index (χ1) is 12.2. The summed E-state index contributed by atoms with van der Waals surface area (Å²) in [7, 11) is 0. The zero-order chi connectivity index (χ0) is 19.3. The van der Waals surface area contributed by atoms with Gasteiger partial charge >= 0.3 is 12.1 Å². The number of carboxylic acid groups (broad SMARTS) is 1. The van der Waals surface area contributed by atoms with Gasteiger partial charge in [-0.2, -0.15) is 0 Å². The van der Waals surface area contributed by atoms with E-state index in [1.54, 1.807) is 17.0 Å². The first kappa shape index (κ1) is 20.2. The van der Waals surface area contributed by atoms with Crippen LogP contribution >= 0.6 is 0 Å². The lowest BCUT2D eigenvalue weighted by Gasteiger charge is -2.41. The Kier molecular flexibility index (Phi) is 6.64. The van der Waals surface area contributed by atoms with Gasteiger partial charge < -0.3 is 14.7 Å². The maximum absolute atomic E-state index is 12.4. The third-order valence-corrected chi connectivity index (χ3v) is 4.46. The SMILES string of the molecule is CCCC1CN(C(=O)OC(C)(C)C)CCN1Cc1ccc(C(=O)O)cc1. The van der Waals surface area contributed by atoms with Crippen LogP contribution < -0.4 is 0 Å². The van der Waals surface area contributed by atoms with Crippen molar-refractivity contribution >= 4 is 12.1 Å². The second-order valence-electron chi connectivity index (χ2n) is 7.84. The fraction of sp³-hybridized carbons (Fsp3) is 0.600. The fourth-order valence-corrected chi connectivity index (χ4v) is 3.19. The molecule has 144 valence electrons. The largest absolute Gasteiger partial charge is 0.478 e. The molecule has 1 fully saturated rings. The fourth-order valence-electron chi connectivity index (χ4n) is 3.19. The Bertz CT molecular complexity index is 622. The molecule has 0 radical (unpaired) electrons. The van der Waals surface area contributed by atoms with Crippen LogP contribution in [0.1, 0.15) is 56.5 Å². The van der Waals surface area contributed by atoms with Crippen LogP contribution in [0.5, 0.6) is 0 Å². The third-order valence-electron chi connectivity index (χ3n) is 4.46. The van der Waals surface area contributed by atoms with Gasteiger partial charge in [-0.05, 0) is 44.9 Å². The maximum Gasteiger partial charge on any atom is 0.410 e. The summed E-state index contributed by atoms with van der Waals surface area (Å²) >= 11 is 0. The summed E-state index contributed by atoms with van der Waals surface area (Å²) in [6.07, 6.45) is 1.80. The highest BCUT2D eigenvalue weighted by molar-refractivity contribution is 5.87. The second-order valence-corrected chi connectivity index (χ2v) is 7.84. The molecule has 6 nitrogen and oxygen atoms in total. The Morgan fingerprint density at radius 3 is 2.38 bits per heavy atom. The average Bonchev–Trinajstić information content (AvgIpc) is 2.55. The van der Waals surface area contributed by atoms with Crippen molar-refractivity contribution in [3.8, 4) is 0 Å². The van der Waals surface area contributed by atoms with Crippen molar-refractivity contribution in [3.05, 3.63) is 35.4 Å². The van der Waals surface area contributed by atoms with Crippen LogP contribution in [0, 0.1) is 0 Å². The first-order valence-electron chi connectivity index (χ1n) is 9.24. The van der Waals surface area contributed by atoms with Crippen molar-refractivity contribution in [2.24, 2.45) is 0 Å². The van der Waals surface area contributed by atoms with Gasteiger partial charge in [-0.3, -0.25) is 4.90 Å². The molecule has 1 atom stereocenters. The van der Waals surface area contributed by atoms with Gasteiger partial charge in [0, 0.05) is 32.2 Å². The summed E-state index contributed by atoms with van der Waals surface area (Å²) in [5, 5.41) is 9.01. The number of piperazine rings is 1. The number of rotatable bonds is 5. The van der Waals surface area contributed by atoms with Gasteiger partial charge in [-0.15, -0.1) is 0 Å². The third kappa shape index (κ3) is 5.73. The normalized spacial score (nSPS) is 18.6. The molecule has 1 aliphatic heterocycles. The smallest absolute Gasteiger partial charge is 0.410 e. The van der Waals surface area contributed by atoms with Crippen LogP contribution in [0.3, 0.4) is 0 Å². The van der Waals surface area contributed by atoms with E-state index in [1.165, 1.54) is 0 Å². The number of hydrogen-bond acceptors (Lipinski definition) is 4. The molecule has 1 aromatic rings. The molecule has 0 spiro atoms. The summed E-state index contributed by atoms with van der Waals surface area (Å²) in [5.74, 6) is -0.911. The zero-order valence-corrected chi connectivity index (χ0v) is 16.2. The highest BCUT2D eigenvalue weighted by Gasteiger charge is 2.31. The van der Waals surface area contributed by atoms with E-state index in [4.69, 9.17) is 9.84 Å². The molecule has 0 aliphatic carbocycles. The van der Waals surface area contributed by atoms with Crippen molar-refractivity contribution in [2.75, 3.05) is 19.6 Å². The molecule has 2 rings (SSSR count). The van der Waals surface area contributed by atoms with Gasteiger partial charge in [0.05, 0.1) is 5.56 Å². The Balaban J connectivity index is 2.01. The van der Waals surface area contributed by atoms with Gasteiger partial charge in [-0.25, -0.2) is 9.59 Å². The summed E-state index contributed by atoms with van der Waals surface area (Å²) in [6, 6.07) is 7.30. The number of ether oxygens (including phenoxy) is 1. The van der Waals surface area contributed by atoms with E-state index in [-0.39, 0.29) is 12.1 Å². The highest BCUT2D eigenvalue weighted by atomic mass is 16.6.